The number of Topliss-reactive ketones (excluding diaryl/α,β-unsaturated/α-hetero) is 1. The Morgan fingerprint density at radius 2 is 1.64 bits per heavy atom. The summed E-state index contributed by atoms with van der Waals surface area (Å²) in [7, 11) is 0. The molecule has 0 atom stereocenters. The maximum atomic E-state index is 13.0. The monoisotopic (exact) mass is 333 g/mol. The highest BCUT2D eigenvalue weighted by Gasteiger charge is 2.23. The van der Waals surface area contributed by atoms with Gasteiger partial charge in [-0.05, 0) is 37.8 Å². The largest absolute Gasteiger partial charge is 0.507 e. The van der Waals surface area contributed by atoms with Crippen LogP contribution in [0.1, 0.15) is 36.7 Å². The summed E-state index contributed by atoms with van der Waals surface area (Å²) in [5.74, 6) is -0.0763. The van der Waals surface area contributed by atoms with Gasteiger partial charge in [-0.15, -0.1) is 0 Å². The van der Waals surface area contributed by atoms with E-state index in [-0.39, 0.29) is 23.5 Å². The van der Waals surface area contributed by atoms with E-state index in [1.54, 1.807) is 6.07 Å². The van der Waals surface area contributed by atoms with E-state index in [9.17, 15) is 9.90 Å². The van der Waals surface area contributed by atoms with E-state index < -0.39 is 0 Å². The van der Waals surface area contributed by atoms with Gasteiger partial charge >= 0.3 is 0 Å². The minimum absolute atomic E-state index is 0.0198. The molecule has 3 nitrogen and oxygen atoms in total. The fourth-order valence-corrected chi connectivity index (χ4v) is 2.99. The topological polar surface area (TPSA) is 49.3 Å². The molecule has 0 spiro atoms. The maximum Gasteiger partial charge on any atom is 0.173 e. The minimum Gasteiger partial charge on any atom is -0.507 e. The lowest BCUT2D eigenvalue weighted by Gasteiger charge is -2.26. The zero-order valence-electron chi connectivity index (χ0n) is 14.8. The molecule has 0 radical (unpaired) electrons. The predicted molar refractivity (Wildman–Crippen MR) is 103 cm³/mol. The predicted octanol–water partition coefficient (Wildman–Crippen LogP) is 5.18. The van der Waals surface area contributed by atoms with E-state index in [0.29, 0.717) is 11.3 Å². The second-order valence-electron chi connectivity index (χ2n) is 7.33. The van der Waals surface area contributed by atoms with Gasteiger partial charge in [-0.2, -0.15) is 0 Å². The average Bonchev–Trinajstić information content (AvgIpc) is 2.54. The summed E-state index contributed by atoms with van der Waals surface area (Å²) in [6, 6.07) is 19.0. The molecule has 3 aromatic carbocycles. The summed E-state index contributed by atoms with van der Waals surface area (Å²) in [5, 5.41) is 15.8. The molecule has 128 valence electrons. The van der Waals surface area contributed by atoms with Crippen molar-refractivity contribution in [2.75, 3.05) is 5.32 Å². The quantitative estimate of drug-likeness (QED) is 0.647. The lowest BCUT2D eigenvalue weighted by atomic mass is 9.95. The van der Waals surface area contributed by atoms with Gasteiger partial charge in [0.1, 0.15) is 5.75 Å². The Balaban J connectivity index is 2.14. The third-order valence-electron chi connectivity index (χ3n) is 4.01. The molecule has 0 aliphatic heterocycles. The molecule has 0 heterocycles. The summed E-state index contributed by atoms with van der Waals surface area (Å²) in [4.78, 5) is 13.0. The molecule has 0 unspecified atom stereocenters. The first-order chi connectivity index (χ1) is 11.8. The number of hydrogen-bond acceptors (Lipinski definition) is 3. The van der Waals surface area contributed by atoms with E-state index in [2.05, 4.69) is 5.32 Å². The molecule has 2 N–H and O–H groups in total. The van der Waals surface area contributed by atoms with Crippen LogP contribution in [0, 0.1) is 0 Å². The summed E-state index contributed by atoms with van der Waals surface area (Å²) < 4.78 is 0. The molecule has 0 aliphatic rings. The molecule has 0 aliphatic carbocycles. The van der Waals surface area contributed by atoms with Crippen molar-refractivity contribution in [2.45, 2.75) is 32.7 Å². The highest BCUT2D eigenvalue weighted by Crippen LogP contribution is 2.37. The summed E-state index contributed by atoms with van der Waals surface area (Å²) >= 11 is 0. The van der Waals surface area contributed by atoms with Gasteiger partial charge in [0.05, 0.1) is 11.3 Å². The zero-order chi connectivity index (χ0) is 18.0. The number of rotatable bonds is 4. The van der Waals surface area contributed by atoms with Gasteiger partial charge in [0.15, 0.2) is 5.78 Å². The second kappa shape index (κ2) is 6.60. The molecular weight excluding hydrogens is 310 g/mol. The van der Waals surface area contributed by atoms with Crippen molar-refractivity contribution in [2.24, 2.45) is 0 Å². The van der Waals surface area contributed by atoms with Crippen LogP contribution >= 0.6 is 0 Å². The van der Waals surface area contributed by atoms with Crippen molar-refractivity contribution >= 4 is 22.2 Å². The Bertz CT molecular complexity index is 908. The number of carbonyl (C=O) groups excluding carboxylic acids is 1. The van der Waals surface area contributed by atoms with Crippen molar-refractivity contribution in [3.05, 3.63) is 71.8 Å². The number of nitrogens with one attached hydrogen (secondary N) is 1. The molecule has 25 heavy (non-hydrogen) atoms. The first-order valence-corrected chi connectivity index (χ1v) is 8.45. The number of phenols is 1. The van der Waals surface area contributed by atoms with Crippen molar-refractivity contribution < 1.29 is 9.90 Å². The van der Waals surface area contributed by atoms with E-state index >= 15 is 0 Å². The Morgan fingerprint density at radius 3 is 2.32 bits per heavy atom. The smallest absolute Gasteiger partial charge is 0.173 e. The van der Waals surface area contributed by atoms with E-state index in [4.69, 9.17) is 0 Å². The van der Waals surface area contributed by atoms with E-state index in [1.807, 2.05) is 75.4 Å². The van der Waals surface area contributed by atoms with Crippen LogP contribution in [0.5, 0.6) is 5.75 Å². The van der Waals surface area contributed by atoms with E-state index in [0.717, 1.165) is 16.3 Å². The third kappa shape index (κ3) is 3.82. The summed E-state index contributed by atoms with van der Waals surface area (Å²) in [6.07, 6.45) is 0.256. The van der Waals surface area contributed by atoms with Crippen molar-refractivity contribution in [1.82, 2.24) is 0 Å². The van der Waals surface area contributed by atoms with Crippen molar-refractivity contribution in [3.63, 3.8) is 0 Å². The van der Waals surface area contributed by atoms with Crippen LogP contribution in [0.2, 0.25) is 0 Å². The van der Waals surface area contributed by atoms with E-state index in [1.165, 1.54) is 0 Å². The molecular formula is C22H23NO2. The maximum absolute atomic E-state index is 13.0. The average molecular weight is 333 g/mol. The molecule has 0 saturated carbocycles. The van der Waals surface area contributed by atoms with Gasteiger partial charge in [0.25, 0.3) is 0 Å². The van der Waals surface area contributed by atoms with Gasteiger partial charge in [-0.3, -0.25) is 4.79 Å². The number of fused-ring (bicyclic) bond motifs is 1. The Hall–Kier alpha value is -2.81. The number of phenolic OH excluding ortho intramolecular Hbond substituents is 1. The number of benzene rings is 3. The highest BCUT2D eigenvalue weighted by atomic mass is 16.3. The second-order valence-corrected chi connectivity index (χ2v) is 7.33. The molecule has 0 saturated heterocycles. The number of ketones is 1. The normalized spacial score (nSPS) is 11.5. The van der Waals surface area contributed by atoms with Crippen LogP contribution in [0.15, 0.2) is 60.7 Å². The summed E-state index contributed by atoms with van der Waals surface area (Å²) in [6.45, 7) is 6.12. The lowest BCUT2D eigenvalue weighted by molar-refractivity contribution is 0.0991. The van der Waals surface area contributed by atoms with Crippen LogP contribution in [-0.4, -0.2) is 16.4 Å². The Morgan fingerprint density at radius 1 is 1.00 bits per heavy atom. The third-order valence-corrected chi connectivity index (χ3v) is 4.01. The number of aromatic hydroxyl groups is 1. The molecule has 3 heteroatoms. The molecule has 0 aromatic heterocycles. The molecule has 0 bridgehead atoms. The number of hydrogen-bond donors (Lipinski definition) is 2. The van der Waals surface area contributed by atoms with Crippen molar-refractivity contribution in [1.29, 1.82) is 0 Å². The van der Waals surface area contributed by atoms with Crippen LogP contribution in [0.3, 0.4) is 0 Å². The van der Waals surface area contributed by atoms with Gasteiger partial charge in [-0.25, -0.2) is 0 Å². The first-order valence-electron chi connectivity index (χ1n) is 8.45. The highest BCUT2D eigenvalue weighted by molar-refractivity contribution is 6.12. The molecule has 0 fully saturated rings. The van der Waals surface area contributed by atoms with Crippen LogP contribution in [-0.2, 0) is 6.42 Å². The van der Waals surface area contributed by atoms with Gasteiger partial charge in [-0.1, -0.05) is 54.6 Å². The standard InChI is InChI=1S/C22H23NO2/c1-22(2,3)23-21-17-12-8-7-11-16(17)14-19(25)20(21)18(24)13-15-9-5-4-6-10-15/h4-12,14,23,25H,13H2,1-3H3. The van der Waals surface area contributed by atoms with Crippen molar-refractivity contribution in [3.8, 4) is 5.75 Å². The van der Waals surface area contributed by atoms with Crippen LogP contribution in [0.4, 0.5) is 5.69 Å². The minimum atomic E-state index is -0.238. The zero-order valence-corrected chi connectivity index (χ0v) is 14.8. The number of anilines is 1. The SMILES string of the molecule is CC(C)(C)Nc1c(C(=O)Cc2ccccc2)c(O)cc2ccccc12. The van der Waals surface area contributed by atoms with Gasteiger partial charge < -0.3 is 10.4 Å². The fraction of sp³-hybridized carbons (Fsp3) is 0.227. The summed E-state index contributed by atoms with van der Waals surface area (Å²) in [5.41, 5.74) is 1.75. The van der Waals surface area contributed by atoms with Crippen LogP contribution < -0.4 is 5.32 Å². The van der Waals surface area contributed by atoms with Gasteiger partial charge in [0, 0.05) is 17.3 Å². The molecule has 3 aromatic rings. The number of carbonyl (C=O) groups is 1. The molecule has 0 amide bonds. The van der Waals surface area contributed by atoms with Gasteiger partial charge in [0.2, 0.25) is 0 Å². The lowest BCUT2D eigenvalue weighted by Crippen LogP contribution is -2.27. The first kappa shape index (κ1) is 17.0. The Labute approximate surface area is 148 Å². The van der Waals surface area contributed by atoms with Crippen LogP contribution in [0.25, 0.3) is 10.8 Å². The Kier molecular flexibility index (Phi) is 4.49. The molecule has 3 rings (SSSR count). The fourth-order valence-electron chi connectivity index (χ4n) is 2.99.